The Balaban J connectivity index is 0.00000166. The number of carboxylic acid groups (broad SMARTS) is 2. The average Bonchev–Trinajstić information content (AvgIpc) is 2.85. The van der Waals surface area contributed by atoms with Crippen LogP contribution in [-0.4, -0.2) is 47.3 Å². The molecule has 1 rings (SSSR count). The van der Waals surface area contributed by atoms with Gasteiger partial charge in [-0.25, -0.2) is 14.6 Å². The standard InChI is InChI=1S/C23H43NO5.C4H8O2/c1-2-3-4-5-6-7-8-9-10-11-12-13-14-15-16-17-21(25)24-20(23(28)29)18-19-22(26)27;1-2-4-6-5-3-1/h20H,2-19H2,1H3,(H,24,25)(H,26,27)(H,28,29);1-4H2. The van der Waals surface area contributed by atoms with Crippen LogP contribution in [0.15, 0.2) is 0 Å². The van der Waals surface area contributed by atoms with Crippen molar-refractivity contribution in [1.29, 1.82) is 0 Å². The van der Waals surface area contributed by atoms with Crippen molar-refractivity contribution >= 4 is 17.8 Å². The molecule has 8 nitrogen and oxygen atoms in total. The van der Waals surface area contributed by atoms with Crippen molar-refractivity contribution in [2.24, 2.45) is 0 Å². The molecule has 1 heterocycles. The van der Waals surface area contributed by atoms with Gasteiger partial charge in [0, 0.05) is 12.8 Å². The Morgan fingerprint density at radius 2 is 1.11 bits per heavy atom. The van der Waals surface area contributed by atoms with Gasteiger partial charge in [0.05, 0.1) is 13.2 Å². The first-order chi connectivity index (χ1) is 17.0. The van der Waals surface area contributed by atoms with Crippen LogP contribution in [0, 0.1) is 0 Å². The minimum atomic E-state index is -1.18. The molecule has 8 heteroatoms. The van der Waals surface area contributed by atoms with Crippen LogP contribution in [0.1, 0.15) is 135 Å². The lowest BCUT2D eigenvalue weighted by Crippen LogP contribution is -2.41. The van der Waals surface area contributed by atoms with E-state index in [1.54, 1.807) is 0 Å². The molecule has 1 saturated heterocycles. The Morgan fingerprint density at radius 3 is 1.46 bits per heavy atom. The molecule has 1 aliphatic rings. The topological polar surface area (TPSA) is 122 Å². The molecular weight excluding hydrogens is 450 g/mol. The molecule has 0 bridgehead atoms. The molecule has 0 saturated carbocycles. The summed E-state index contributed by atoms with van der Waals surface area (Å²) < 4.78 is 0. The van der Waals surface area contributed by atoms with Crippen LogP contribution in [0.4, 0.5) is 0 Å². The number of aliphatic carboxylic acids is 2. The van der Waals surface area contributed by atoms with E-state index in [4.69, 9.17) is 10.2 Å². The fraction of sp³-hybridized carbons (Fsp3) is 0.889. The number of carbonyl (C=O) groups excluding carboxylic acids is 1. The third-order valence-corrected chi connectivity index (χ3v) is 6.08. The van der Waals surface area contributed by atoms with E-state index in [1.165, 1.54) is 77.0 Å². The van der Waals surface area contributed by atoms with E-state index in [9.17, 15) is 14.4 Å². The Labute approximate surface area is 212 Å². The van der Waals surface area contributed by atoms with Crippen molar-refractivity contribution < 1.29 is 34.4 Å². The van der Waals surface area contributed by atoms with Gasteiger partial charge < -0.3 is 15.5 Å². The summed E-state index contributed by atoms with van der Waals surface area (Å²) in [6.45, 7) is 3.81. The molecule has 1 atom stereocenters. The van der Waals surface area contributed by atoms with Gasteiger partial charge in [0.25, 0.3) is 0 Å². The normalized spacial score (nSPS) is 14.0. The van der Waals surface area contributed by atoms with Gasteiger partial charge in [0.2, 0.25) is 5.91 Å². The van der Waals surface area contributed by atoms with Crippen molar-refractivity contribution in [2.45, 2.75) is 141 Å². The quantitative estimate of drug-likeness (QED) is 0.123. The monoisotopic (exact) mass is 501 g/mol. The Morgan fingerprint density at radius 1 is 0.686 bits per heavy atom. The second-order valence-corrected chi connectivity index (χ2v) is 9.44. The Bertz CT molecular complexity index is 512. The molecule has 35 heavy (non-hydrogen) atoms. The molecule has 1 unspecified atom stereocenters. The van der Waals surface area contributed by atoms with Gasteiger partial charge in [-0.1, -0.05) is 96.8 Å². The smallest absolute Gasteiger partial charge is 0.326 e. The van der Waals surface area contributed by atoms with Crippen molar-refractivity contribution in [3.8, 4) is 0 Å². The molecule has 1 fully saturated rings. The highest BCUT2D eigenvalue weighted by molar-refractivity contribution is 5.83. The fourth-order valence-corrected chi connectivity index (χ4v) is 3.89. The Kier molecular flexibility index (Phi) is 24.2. The van der Waals surface area contributed by atoms with Gasteiger partial charge in [-0.3, -0.25) is 9.59 Å². The van der Waals surface area contributed by atoms with Crippen molar-refractivity contribution in [3.05, 3.63) is 0 Å². The van der Waals surface area contributed by atoms with Crippen LogP contribution >= 0.6 is 0 Å². The van der Waals surface area contributed by atoms with Crippen LogP contribution in [0.3, 0.4) is 0 Å². The zero-order valence-corrected chi connectivity index (χ0v) is 22.1. The minimum absolute atomic E-state index is 0.0880. The maximum atomic E-state index is 11.8. The SMILES string of the molecule is C1CCOOC1.CCCCCCCCCCCCCCCCCC(=O)NC(CCC(=O)O)C(=O)O. The molecule has 0 spiro atoms. The number of rotatable bonds is 21. The molecular formula is C27H51NO7. The van der Waals surface area contributed by atoms with Crippen molar-refractivity contribution in [2.75, 3.05) is 13.2 Å². The van der Waals surface area contributed by atoms with Gasteiger partial charge >= 0.3 is 11.9 Å². The summed E-state index contributed by atoms with van der Waals surface area (Å²) in [6, 6.07) is -1.12. The van der Waals surface area contributed by atoms with Gasteiger partial charge in [0.15, 0.2) is 0 Å². The first-order valence-corrected chi connectivity index (χ1v) is 14.0. The number of carboxylic acids is 2. The van der Waals surface area contributed by atoms with Crippen LogP contribution in [0.25, 0.3) is 0 Å². The second-order valence-electron chi connectivity index (χ2n) is 9.44. The van der Waals surface area contributed by atoms with E-state index >= 15 is 0 Å². The highest BCUT2D eigenvalue weighted by Crippen LogP contribution is 2.13. The highest BCUT2D eigenvalue weighted by atomic mass is 17.2. The third kappa shape index (κ3) is 25.2. The zero-order chi connectivity index (χ0) is 26.0. The molecule has 1 aliphatic heterocycles. The van der Waals surface area contributed by atoms with E-state index in [1.807, 2.05) is 0 Å². The molecule has 0 aliphatic carbocycles. The third-order valence-electron chi connectivity index (χ3n) is 6.08. The van der Waals surface area contributed by atoms with Gasteiger partial charge in [-0.2, -0.15) is 0 Å². The van der Waals surface area contributed by atoms with Gasteiger partial charge in [0.1, 0.15) is 6.04 Å². The van der Waals surface area contributed by atoms with E-state index in [0.717, 1.165) is 45.3 Å². The summed E-state index contributed by atoms with van der Waals surface area (Å²) in [4.78, 5) is 42.5. The maximum Gasteiger partial charge on any atom is 0.326 e. The first kappa shape index (κ1) is 33.3. The van der Waals surface area contributed by atoms with E-state index in [-0.39, 0.29) is 18.7 Å². The summed E-state index contributed by atoms with van der Waals surface area (Å²) in [5.74, 6) is -2.55. The molecule has 1 amide bonds. The summed E-state index contributed by atoms with van der Waals surface area (Å²) in [7, 11) is 0. The molecule has 3 N–H and O–H groups in total. The van der Waals surface area contributed by atoms with Gasteiger partial charge in [-0.05, 0) is 25.7 Å². The fourth-order valence-electron chi connectivity index (χ4n) is 3.89. The summed E-state index contributed by atoms with van der Waals surface area (Å²) in [6.07, 6.45) is 21.1. The lowest BCUT2D eigenvalue weighted by Gasteiger charge is -2.13. The minimum Gasteiger partial charge on any atom is -0.481 e. The molecule has 0 radical (unpaired) electrons. The summed E-state index contributed by atoms with van der Waals surface area (Å²) >= 11 is 0. The van der Waals surface area contributed by atoms with E-state index in [2.05, 4.69) is 22.0 Å². The first-order valence-electron chi connectivity index (χ1n) is 14.0. The highest BCUT2D eigenvalue weighted by Gasteiger charge is 2.20. The van der Waals surface area contributed by atoms with Crippen molar-refractivity contribution in [3.63, 3.8) is 0 Å². The second kappa shape index (κ2) is 25.4. The van der Waals surface area contributed by atoms with E-state index in [0.29, 0.717) is 6.42 Å². The molecule has 206 valence electrons. The lowest BCUT2D eigenvalue weighted by molar-refractivity contribution is -0.312. The summed E-state index contributed by atoms with van der Waals surface area (Å²) in [5, 5.41) is 20.1. The van der Waals surface area contributed by atoms with Crippen LogP contribution in [0.5, 0.6) is 0 Å². The predicted molar refractivity (Wildman–Crippen MR) is 137 cm³/mol. The van der Waals surface area contributed by atoms with Crippen molar-refractivity contribution in [1.82, 2.24) is 5.32 Å². The number of unbranched alkanes of at least 4 members (excludes halogenated alkanes) is 14. The number of amides is 1. The largest absolute Gasteiger partial charge is 0.481 e. The summed E-state index contributed by atoms with van der Waals surface area (Å²) in [5.41, 5.74) is 0. The molecule has 0 aromatic rings. The van der Waals surface area contributed by atoms with E-state index < -0.39 is 18.0 Å². The number of hydrogen-bond acceptors (Lipinski definition) is 5. The Hall–Kier alpha value is -1.67. The lowest BCUT2D eigenvalue weighted by atomic mass is 10.0. The van der Waals surface area contributed by atoms with Crippen LogP contribution in [-0.2, 0) is 24.2 Å². The van der Waals surface area contributed by atoms with Crippen LogP contribution in [0.2, 0.25) is 0 Å². The van der Waals surface area contributed by atoms with Crippen LogP contribution < -0.4 is 5.32 Å². The maximum absolute atomic E-state index is 11.8. The average molecular weight is 502 g/mol. The number of carbonyl (C=O) groups is 3. The zero-order valence-electron chi connectivity index (χ0n) is 22.1. The molecule has 0 aromatic carbocycles. The number of nitrogens with one attached hydrogen (secondary N) is 1. The van der Waals surface area contributed by atoms with Gasteiger partial charge in [-0.15, -0.1) is 0 Å². The number of hydrogen-bond donors (Lipinski definition) is 3. The predicted octanol–water partition coefficient (Wildman–Crippen LogP) is 6.41. The molecule has 0 aromatic heterocycles.